The molecule has 1 amide bonds. The molecule has 1 aliphatic carbocycles. The van der Waals surface area contributed by atoms with Crippen LogP contribution in [0.2, 0.25) is 0 Å². The Morgan fingerprint density at radius 2 is 2.47 bits per heavy atom. The Morgan fingerprint density at radius 1 is 1.65 bits per heavy atom. The molecule has 4 heteroatoms. The fourth-order valence-electron chi connectivity index (χ4n) is 2.67. The monoisotopic (exact) mass is 235 g/mol. The third kappa shape index (κ3) is 2.87. The number of H-pyrrole nitrogens is 1. The lowest BCUT2D eigenvalue weighted by atomic mass is 9.81. The summed E-state index contributed by atoms with van der Waals surface area (Å²) in [7, 11) is 0. The van der Waals surface area contributed by atoms with Gasteiger partial charge < -0.3 is 10.3 Å². The van der Waals surface area contributed by atoms with Gasteiger partial charge in [-0.2, -0.15) is 0 Å². The Bertz CT molecular complexity index is 370. The number of amides is 1. The number of nitrogens with one attached hydrogen (secondary N) is 2. The van der Waals surface area contributed by atoms with E-state index in [0.29, 0.717) is 6.54 Å². The fourth-order valence-corrected chi connectivity index (χ4v) is 2.67. The molecule has 0 radical (unpaired) electrons. The molecule has 1 saturated carbocycles. The van der Waals surface area contributed by atoms with Crippen molar-refractivity contribution in [2.45, 2.75) is 39.5 Å². The first-order chi connectivity index (χ1) is 8.09. The summed E-state index contributed by atoms with van der Waals surface area (Å²) in [4.78, 5) is 19.2. The molecule has 1 aromatic heterocycles. The highest BCUT2D eigenvalue weighted by atomic mass is 16.1. The zero-order valence-electron chi connectivity index (χ0n) is 10.6. The first kappa shape index (κ1) is 12.1. The van der Waals surface area contributed by atoms with Crippen LogP contribution in [0.25, 0.3) is 0 Å². The number of hydrogen-bond acceptors (Lipinski definition) is 2. The summed E-state index contributed by atoms with van der Waals surface area (Å²) < 4.78 is 0. The molecule has 1 unspecified atom stereocenters. The normalized spacial score (nSPS) is 22.6. The van der Waals surface area contributed by atoms with Crippen molar-refractivity contribution in [1.82, 2.24) is 15.3 Å². The highest BCUT2D eigenvalue weighted by Crippen LogP contribution is 2.42. The van der Waals surface area contributed by atoms with Gasteiger partial charge in [0.25, 0.3) is 0 Å². The molecule has 94 valence electrons. The van der Waals surface area contributed by atoms with Gasteiger partial charge in [0.1, 0.15) is 5.82 Å². The maximum atomic E-state index is 12.0. The maximum absolute atomic E-state index is 12.0. The topological polar surface area (TPSA) is 57.8 Å². The summed E-state index contributed by atoms with van der Waals surface area (Å²) in [6.45, 7) is 5.05. The zero-order valence-corrected chi connectivity index (χ0v) is 10.6. The van der Waals surface area contributed by atoms with Crippen molar-refractivity contribution in [3.05, 3.63) is 18.2 Å². The lowest BCUT2D eigenvalue weighted by Crippen LogP contribution is -2.37. The molecule has 1 aliphatic rings. The van der Waals surface area contributed by atoms with E-state index in [1.165, 1.54) is 6.42 Å². The Kier molecular flexibility index (Phi) is 3.50. The lowest BCUT2D eigenvalue weighted by Gasteiger charge is -2.25. The summed E-state index contributed by atoms with van der Waals surface area (Å²) in [5, 5.41) is 3.02. The van der Waals surface area contributed by atoms with Crippen LogP contribution in [0.15, 0.2) is 12.4 Å². The highest BCUT2D eigenvalue weighted by Gasteiger charge is 2.38. The van der Waals surface area contributed by atoms with Gasteiger partial charge in [-0.05, 0) is 18.3 Å². The molecule has 2 rings (SSSR count). The van der Waals surface area contributed by atoms with Gasteiger partial charge in [0, 0.05) is 31.3 Å². The van der Waals surface area contributed by atoms with Crippen molar-refractivity contribution in [3.8, 4) is 0 Å². The van der Waals surface area contributed by atoms with Gasteiger partial charge in [-0.15, -0.1) is 0 Å². The minimum atomic E-state index is 0.161. The molecule has 17 heavy (non-hydrogen) atoms. The third-order valence-electron chi connectivity index (χ3n) is 3.79. The van der Waals surface area contributed by atoms with E-state index in [2.05, 4.69) is 29.1 Å². The van der Waals surface area contributed by atoms with Crippen LogP contribution in [0, 0.1) is 11.3 Å². The van der Waals surface area contributed by atoms with Gasteiger partial charge >= 0.3 is 0 Å². The number of hydrogen-bond donors (Lipinski definition) is 2. The van der Waals surface area contributed by atoms with Gasteiger partial charge in [-0.25, -0.2) is 4.98 Å². The largest absolute Gasteiger partial charge is 0.355 e. The van der Waals surface area contributed by atoms with E-state index < -0.39 is 0 Å². The van der Waals surface area contributed by atoms with E-state index in [-0.39, 0.29) is 17.2 Å². The van der Waals surface area contributed by atoms with Gasteiger partial charge in [-0.3, -0.25) is 4.79 Å². The predicted octanol–water partition coefficient (Wildman–Crippen LogP) is 1.89. The number of nitrogens with zero attached hydrogens (tertiary/aromatic N) is 1. The van der Waals surface area contributed by atoms with Gasteiger partial charge in [0.2, 0.25) is 5.91 Å². The SMILES string of the molecule is CC1(C)CCCC1C(=O)NCCc1ncc[nH]1. The summed E-state index contributed by atoms with van der Waals surface area (Å²) in [6.07, 6.45) is 7.66. The first-order valence-electron chi connectivity index (χ1n) is 6.35. The molecule has 4 nitrogen and oxygen atoms in total. The minimum Gasteiger partial charge on any atom is -0.355 e. The molecule has 0 bridgehead atoms. The molecule has 0 spiro atoms. The zero-order chi connectivity index (χ0) is 12.3. The van der Waals surface area contributed by atoms with Crippen LogP contribution in [0.3, 0.4) is 0 Å². The Balaban J connectivity index is 1.78. The number of rotatable bonds is 4. The van der Waals surface area contributed by atoms with Crippen molar-refractivity contribution in [2.24, 2.45) is 11.3 Å². The summed E-state index contributed by atoms with van der Waals surface area (Å²) in [6, 6.07) is 0. The first-order valence-corrected chi connectivity index (χ1v) is 6.35. The second kappa shape index (κ2) is 4.90. The van der Waals surface area contributed by atoms with Gasteiger partial charge in [-0.1, -0.05) is 20.3 Å². The molecule has 1 atom stereocenters. The Morgan fingerprint density at radius 3 is 3.06 bits per heavy atom. The average Bonchev–Trinajstić information content (AvgIpc) is 2.87. The number of imidazole rings is 1. The highest BCUT2D eigenvalue weighted by molar-refractivity contribution is 5.79. The predicted molar refractivity (Wildman–Crippen MR) is 66.4 cm³/mol. The van der Waals surface area contributed by atoms with Gasteiger partial charge in [0.15, 0.2) is 0 Å². The molecular weight excluding hydrogens is 214 g/mol. The fraction of sp³-hybridized carbons (Fsp3) is 0.692. The van der Waals surface area contributed by atoms with Crippen LogP contribution in [-0.2, 0) is 11.2 Å². The molecule has 1 aromatic rings. The molecule has 1 heterocycles. The van der Waals surface area contributed by atoms with E-state index >= 15 is 0 Å². The molecule has 2 N–H and O–H groups in total. The molecule has 0 saturated heterocycles. The smallest absolute Gasteiger partial charge is 0.223 e. The average molecular weight is 235 g/mol. The number of carbonyl (C=O) groups is 1. The maximum Gasteiger partial charge on any atom is 0.223 e. The molecule has 0 aromatic carbocycles. The summed E-state index contributed by atoms with van der Waals surface area (Å²) in [5.74, 6) is 1.31. The third-order valence-corrected chi connectivity index (χ3v) is 3.79. The van der Waals surface area contributed by atoms with E-state index in [1.807, 2.05) is 0 Å². The van der Waals surface area contributed by atoms with Crippen molar-refractivity contribution < 1.29 is 4.79 Å². The quantitative estimate of drug-likeness (QED) is 0.837. The van der Waals surface area contributed by atoms with E-state index in [1.54, 1.807) is 12.4 Å². The summed E-state index contributed by atoms with van der Waals surface area (Å²) >= 11 is 0. The van der Waals surface area contributed by atoms with Crippen LogP contribution < -0.4 is 5.32 Å². The van der Waals surface area contributed by atoms with Crippen molar-refractivity contribution in [3.63, 3.8) is 0 Å². The number of carbonyl (C=O) groups excluding carboxylic acids is 1. The van der Waals surface area contributed by atoms with Gasteiger partial charge in [0.05, 0.1) is 0 Å². The number of aromatic amines is 1. The van der Waals surface area contributed by atoms with E-state index in [0.717, 1.165) is 25.1 Å². The van der Waals surface area contributed by atoms with Crippen LogP contribution in [-0.4, -0.2) is 22.4 Å². The second-order valence-corrected chi connectivity index (χ2v) is 5.51. The number of aromatic nitrogens is 2. The van der Waals surface area contributed by atoms with E-state index in [9.17, 15) is 4.79 Å². The summed E-state index contributed by atoms with van der Waals surface area (Å²) in [5.41, 5.74) is 0.161. The standard InChI is InChI=1S/C13H21N3O/c1-13(2)6-3-4-10(13)12(17)16-7-5-11-14-8-9-15-11/h8-10H,3-7H2,1-2H3,(H,14,15)(H,16,17). The molecule has 1 fully saturated rings. The second-order valence-electron chi connectivity index (χ2n) is 5.51. The van der Waals surface area contributed by atoms with Crippen molar-refractivity contribution >= 4 is 5.91 Å². The van der Waals surface area contributed by atoms with Crippen molar-refractivity contribution in [2.75, 3.05) is 6.54 Å². The van der Waals surface area contributed by atoms with Crippen LogP contribution in [0.4, 0.5) is 0 Å². The Hall–Kier alpha value is -1.32. The van der Waals surface area contributed by atoms with Crippen molar-refractivity contribution in [1.29, 1.82) is 0 Å². The van der Waals surface area contributed by atoms with Crippen LogP contribution in [0.5, 0.6) is 0 Å². The Labute approximate surface area is 102 Å². The lowest BCUT2D eigenvalue weighted by molar-refractivity contribution is -0.127. The minimum absolute atomic E-state index is 0.161. The van der Waals surface area contributed by atoms with Crippen LogP contribution >= 0.6 is 0 Å². The van der Waals surface area contributed by atoms with Crippen LogP contribution in [0.1, 0.15) is 38.9 Å². The molecule has 0 aliphatic heterocycles. The van der Waals surface area contributed by atoms with E-state index in [4.69, 9.17) is 0 Å². The molecular formula is C13H21N3O.